The lowest BCUT2D eigenvalue weighted by atomic mass is 10.2. The summed E-state index contributed by atoms with van der Waals surface area (Å²) in [5.74, 6) is 0.615. The molecule has 0 radical (unpaired) electrons. The molecular formula is C15H16BrNO4S. The van der Waals surface area contributed by atoms with Crippen LogP contribution < -0.4 is 4.74 Å². The standard InChI is InChI=1S/C15H16BrNO4S/c1-3-21-15(19)7-14-17(13(18)9-22-14)8-10-4-5-12(20-2)11(16)6-10/h4-7H,3,8-9H2,1-2H3/b14-7-. The third-order valence-electron chi connectivity index (χ3n) is 3.00. The van der Waals surface area contributed by atoms with E-state index in [0.29, 0.717) is 23.9 Å². The third kappa shape index (κ3) is 4.04. The fraction of sp³-hybridized carbons (Fsp3) is 0.333. The number of hydrogen-bond donors (Lipinski definition) is 0. The Morgan fingerprint density at radius 2 is 2.27 bits per heavy atom. The van der Waals surface area contributed by atoms with Gasteiger partial charge < -0.3 is 14.4 Å². The van der Waals surface area contributed by atoms with Gasteiger partial charge in [-0.05, 0) is 40.5 Å². The summed E-state index contributed by atoms with van der Waals surface area (Å²) in [5.41, 5.74) is 0.943. The van der Waals surface area contributed by atoms with Crippen LogP contribution in [0.3, 0.4) is 0 Å². The Bertz CT molecular complexity index is 618. The summed E-state index contributed by atoms with van der Waals surface area (Å²) in [6.07, 6.45) is 1.37. The first-order chi connectivity index (χ1) is 10.5. The molecule has 7 heteroatoms. The van der Waals surface area contributed by atoms with Crippen molar-refractivity contribution in [3.63, 3.8) is 0 Å². The minimum absolute atomic E-state index is 0.0208. The van der Waals surface area contributed by atoms with E-state index in [1.165, 1.54) is 17.8 Å². The van der Waals surface area contributed by atoms with Crippen LogP contribution in [-0.4, -0.2) is 36.2 Å². The number of hydrogen-bond acceptors (Lipinski definition) is 5. The largest absolute Gasteiger partial charge is 0.496 e. The number of esters is 1. The average Bonchev–Trinajstić information content (AvgIpc) is 2.81. The number of nitrogens with zero attached hydrogens (tertiary/aromatic N) is 1. The zero-order chi connectivity index (χ0) is 16.1. The van der Waals surface area contributed by atoms with Crippen LogP contribution in [0.5, 0.6) is 5.75 Å². The van der Waals surface area contributed by atoms with E-state index in [2.05, 4.69) is 15.9 Å². The van der Waals surface area contributed by atoms with Crippen LogP contribution in [0.2, 0.25) is 0 Å². The molecule has 0 aliphatic carbocycles. The van der Waals surface area contributed by atoms with Crippen molar-refractivity contribution in [2.24, 2.45) is 0 Å². The van der Waals surface area contributed by atoms with E-state index >= 15 is 0 Å². The van der Waals surface area contributed by atoms with Crippen molar-refractivity contribution >= 4 is 39.6 Å². The molecule has 1 aliphatic rings. The Hall–Kier alpha value is -1.47. The molecule has 0 spiro atoms. The highest BCUT2D eigenvalue weighted by Crippen LogP contribution is 2.32. The molecule has 0 atom stereocenters. The van der Waals surface area contributed by atoms with E-state index in [4.69, 9.17) is 9.47 Å². The smallest absolute Gasteiger partial charge is 0.333 e. The van der Waals surface area contributed by atoms with Gasteiger partial charge in [0.15, 0.2) is 0 Å². The maximum atomic E-state index is 12.0. The summed E-state index contributed by atoms with van der Waals surface area (Å²) in [6, 6.07) is 5.63. The minimum atomic E-state index is -0.430. The van der Waals surface area contributed by atoms with Gasteiger partial charge in [0, 0.05) is 0 Å². The summed E-state index contributed by atoms with van der Waals surface area (Å²) in [5, 5.41) is 0.621. The summed E-state index contributed by atoms with van der Waals surface area (Å²) in [7, 11) is 1.60. The van der Waals surface area contributed by atoms with Crippen molar-refractivity contribution in [1.29, 1.82) is 0 Å². The molecule has 0 aromatic heterocycles. The van der Waals surface area contributed by atoms with Crippen LogP contribution in [0.15, 0.2) is 33.8 Å². The van der Waals surface area contributed by atoms with Gasteiger partial charge in [-0.1, -0.05) is 17.8 Å². The van der Waals surface area contributed by atoms with Crippen molar-refractivity contribution in [1.82, 2.24) is 4.90 Å². The van der Waals surface area contributed by atoms with Crippen LogP contribution in [0.25, 0.3) is 0 Å². The fourth-order valence-corrected chi connectivity index (χ4v) is 3.49. The van der Waals surface area contributed by atoms with Gasteiger partial charge in [0.05, 0.1) is 41.6 Å². The lowest BCUT2D eigenvalue weighted by molar-refractivity contribution is -0.137. The van der Waals surface area contributed by atoms with Gasteiger partial charge in [-0.25, -0.2) is 4.79 Å². The molecule has 1 fully saturated rings. The SMILES string of the molecule is CCOC(=O)/C=C1\SCC(=O)N1Cc1ccc(OC)c(Br)c1. The van der Waals surface area contributed by atoms with Crippen molar-refractivity contribution in [3.8, 4) is 5.75 Å². The summed E-state index contributed by atoms with van der Waals surface area (Å²) >= 11 is 4.77. The Morgan fingerprint density at radius 1 is 1.50 bits per heavy atom. The molecular weight excluding hydrogens is 370 g/mol. The summed E-state index contributed by atoms with van der Waals surface area (Å²) in [6.45, 7) is 2.46. The van der Waals surface area contributed by atoms with Gasteiger partial charge in [-0.2, -0.15) is 0 Å². The molecule has 0 bridgehead atoms. The topological polar surface area (TPSA) is 55.8 Å². The van der Waals surface area contributed by atoms with Crippen LogP contribution in [-0.2, 0) is 20.9 Å². The van der Waals surface area contributed by atoms with Crippen LogP contribution >= 0.6 is 27.7 Å². The van der Waals surface area contributed by atoms with Crippen molar-refractivity contribution in [2.75, 3.05) is 19.5 Å². The number of amides is 1. The monoisotopic (exact) mass is 385 g/mol. The molecule has 118 valence electrons. The van der Waals surface area contributed by atoms with Gasteiger partial charge in [0.25, 0.3) is 0 Å². The number of carbonyl (C=O) groups is 2. The Kier molecular flexibility index (Phi) is 5.90. The maximum absolute atomic E-state index is 12.0. The number of thioether (sulfide) groups is 1. The average molecular weight is 386 g/mol. The first kappa shape index (κ1) is 16.9. The number of methoxy groups -OCH3 is 1. The van der Waals surface area contributed by atoms with Crippen LogP contribution in [0.1, 0.15) is 12.5 Å². The molecule has 22 heavy (non-hydrogen) atoms. The number of benzene rings is 1. The van der Waals surface area contributed by atoms with Gasteiger partial charge in [-0.15, -0.1) is 0 Å². The van der Waals surface area contributed by atoms with Crippen molar-refractivity contribution < 1.29 is 19.1 Å². The van der Waals surface area contributed by atoms with Crippen molar-refractivity contribution in [2.45, 2.75) is 13.5 Å². The van der Waals surface area contributed by atoms with E-state index in [1.54, 1.807) is 18.9 Å². The van der Waals surface area contributed by atoms with Crippen LogP contribution in [0, 0.1) is 0 Å². The van der Waals surface area contributed by atoms with Crippen LogP contribution in [0.4, 0.5) is 0 Å². The second kappa shape index (κ2) is 7.69. The molecule has 1 aliphatic heterocycles. The second-order valence-corrected chi connectivity index (χ2v) is 6.32. The van der Waals surface area contributed by atoms with E-state index < -0.39 is 5.97 Å². The number of ether oxygens (including phenoxy) is 2. The number of rotatable bonds is 5. The summed E-state index contributed by atoms with van der Waals surface area (Å²) in [4.78, 5) is 25.2. The molecule has 1 aromatic carbocycles. The molecule has 1 amide bonds. The van der Waals surface area contributed by atoms with E-state index in [1.807, 2.05) is 18.2 Å². The minimum Gasteiger partial charge on any atom is -0.496 e. The van der Waals surface area contributed by atoms with Gasteiger partial charge in [0.1, 0.15) is 5.75 Å². The first-order valence-electron chi connectivity index (χ1n) is 6.69. The molecule has 2 rings (SSSR count). The molecule has 1 saturated heterocycles. The predicted molar refractivity (Wildman–Crippen MR) is 88.4 cm³/mol. The summed E-state index contributed by atoms with van der Waals surface area (Å²) < 4.78 is 10.9. The molecule has 1 heterocycles. The molecule has 0 saturated carbocycles. The highest BCUT2D eigenvalue weighted by molar-refractivity contribution is 9.10. The Balaban J connectivity index is 2.16. The fourth-order valence-electron chi connectivity index (χ4n) is 1.98. The zero-order valence-corrected chi connectivity index (χ0v) is 14.7. The zero-order valence-electron chi connectivity index (χ0n) is 12.3. The molecule has 0 N–H and O–H groups in total. The third-order valence-corrected chi connectivity index (χ3v) is 4.64. The molecule has 5 nitrogen and oxygen atoms in total. The van der Waals surface area contributed by atoms with Gasteiger partial charge in [0.2, 0.25) is 5.91 Å². The van der Waals surface area contributed by atoms with Gasteiger partial charge in [-0.3, -0.25) is 4.79 Å². The highest BCUT2D eigenvalue weighted by atomic mass is 79.9. The predicted octanol–water partition coefficient (Wildman–Crippen LogP) is 2.94. The first-order valence-corrected chi connectivity index (χ1v) is 8.47. The Labute approximate surface area is 141 Å². The van der Waals surface area contributed by atoms with Crippen molar-refractivity contribution in [3.05, 3.63) is 39.3 Å². The van der Waals surface area contributed by atoms with E-state index in [-0.39, 0.29) is 5.91 Å². The van der Waals surface area contributed by atoms with E-state index in [0.717, 1.165) is 15.8 Å². The Morgan fingerprint density at radius 3 is 2.91 bits per heavy atom. The lowest BCUT2D eigenvalue weighted by Gasteiger charge is -2.17. The normalized spacial score (nSPS) is 16.2. The lowest BCUT2D eigenvalue weighted by Crippen LogP contribution is -2.24. The molecule has 1 aromatic rings. The van der Waals surface area contributed by atoms with Gasteiger partial charge >= 0.3 is 5.97 Å². The number of halogens is 1. The number of carbonyl (C=O) groups excluding carboxylic acids is 2. The maximum Gasteiger partial charge on any atom is 0.333 e. The second-order valence-electron chi connectivity index (χ2n) is 4.47. The molecule has 0 unspecified atom stereocenters. The van der Waals surface area contributed by atoms with E-state index in [9.17, 15) is 9.59 Å². The highest BCUT2D eigenvalue weighted by Gasteiger charge is 2.27. The quantitative estimate of drug-likeness (QED) is 0.575.